The molecule has 3 heteroatoms. The molecule has 1 fully saturated rings. The minimum absolute atomic E-state index is 0.556. The molecule has 0 aliphatic carbocycles. The predicted molar refractivity (Wildman–Crippen MR) is 88.7 cm³/mol. The van der Waals surface area contributed by atoms with Crippen LogP contribution >= 0.6 is 0 Å². The van der Waals surface area contributed by atoms with Crippen molar-refractivity contribution in [2.45, 2.75) is 32.7 Å². The summed E-state index contributed by atoms with van der Waals surface area (Å²) in [6, 6.07) is 11.3. The van der Waals surface area contributed by atoms with Gasteiger partial charge in [0.2, 0.25) is 0 Å². The van der Waals surface area contributed by atoms with E-state index in [1.54, 1.807) is 0 Å². The highest BCUT2D eigenvalue weighted by atomic mass is 16.5. The lowest BCUT2D eigenvalue weighted by Crippen LogP contribution is -2.40. The molecule has 118 valence electrons. The Kier molecular flexibility index (Phi) is 7.20. The van der Waals surface area contributed by atoms with Crippen LogP contribution in [0.1, 0.15) is 25.8 Å². The van der Waals surface area contributed by atoms with Crippen LogP contribution in [-0.2, 0) is 11.2 Å². The Labute approximate surface area is 129 Å². The molecule has 1 saturated heterocycles. The van der Waals surface area contributed by atoms with Crippen molar-refractivity contribution in [3.05, 3.63) is 35.9 Å². The van der Waals surface area contributed by atoms with Gasteiger partial charge in [-0.25, -0.2) is 0 Å². The molecule has 1 unspecified atom stereocenters. The van der Waals surface area contributed by atoms with E-state index < -0.39 is 0 Å². The summed E-state index contributed by atoms with van der Waals surface area (Å²) in [5.74, 6) is 0.627. The lowest BCUT2D eigenvalue weighted by molar-refractivity contribution is 0.0849. The van der Waals surface area contributed by atoms with Crippen LogP contribution in [0.25, 0.3) is 0 Å². The highest BCUT2D eigenvalue weighted by Gasteiger charge is 2.17. The molecule has 0 aromatic heterocycles. The fraction of sp³-hybridized carbons (Fsp3) is 0.667. The molecule has 1 atom stereocenters. The molecule has 0 spiro atoms. The fourth-order valence-corrected chi connectivity index (χ4v) is 2.83. The Balaban J connectivity index is 1.75. The number of nitrogens with zero attached hydrogens (tertiary/aromatic N) is 1. The normalized spacial score (nSPS) is 20.6. The maximum absolute atomic E-state index is 5.73. The van der Waals surface area contributed by atoms with Gasteiger partial charge in [0.15, 0.2) is 0 Å². The zero-order valence-corrected chi connectivity index (χ0v) is 13.6. The number of benzene rings is 1. The van der Waals surface area contributed by atoms with Crippen molar-refractivity contribution in [3.63, 3.8) is 0 Å². The van der Waals surface area contributed by atoms with E-state index in [1.807, 2.05) is 0 Å². The molecule has 0 amide bonds. The molecule has 1 aliphatic heterocycles. The summed E-state index contributed by atoms with van der Waals surface area (Å²) in [7, 11) is 0. The summed E-state index contributed by atoms with van der Waals surface area (Å²) >= 11 is 0. The van der Waals surface area contributed by atoms with Crippen molar-refractivity contribution < 1.29 is 4.74 Å². The predicted octanol–water partition coefficient (Wildman–Crippen LogP) is 2.57. The van der Waals surface area contributed by atoms with E-state index in [-0.39, 0.29) is 0 Å². The van der Waals surface area contributed by atoms with Gasteiger partial charge in [-0.3, -0.25) is 4.90 Å². The molecule has 1 N–H and O–H groups in total. The van der Waals surface area contributed by atoms with Gasteiger partial charge in [0.05, 0.1) is 6.61 Å². The van der Waals surface area contributed by atoms with E-state index in [0.29, 0.717) is 12.0 Å². The highest BCUT2D eigenvalue weighted by Crippen LogP contribution is 2.08. The number of ether oxygens (including phenoxy) is 1. The monoisotopic (exact) mass is 290 g/mol. The van der Waals surface area contributed by atoms with Crippen LogP contribution in [-0.4, -0.2) is 50.3 Å². The van der Waals surface area contributed by atoms with Gasteiger partial charge in [-0.1, -0.05) is 44.2 Å². The first kappa shape index (κ1) is 16.5. The van der Waals surface area contributed by atoms with Crippen LogP contribution in [0.4, 0.5) is 0 Å². The summed E-state index contributed by atoms with van der Waals surface area (Å²) in [5, 5.41) is 3.69. The van der Waals surface area contributed by atoms with Crippen LogP contribution in [0.15, 0.2) is 30.3 Å². The summed E-state index contributed by atoms with van der Waals surface area (Å²) in [4.78, 5) is 2.55. The smallest absolute Gasteiger partial charge is 0.0593 e. The maximum Gasteiger partial charge on any atom is 0.0593 e. The zero-order chi connectivity index (χ0) is 14.9. The van der Waals surface area contributed by atoms with Crippen molar-refractivity contribution >= 4 is 0 Å². The van der Waals surface area contributed by atoms with Crippen LogP contribution in [0.2, 0.25) is 0 Å². The van der Waals surface area contributed by atoms with Gasteiger partial charge in [-0.05, 0) is 37.4 Å². The van der Waals surface area contributed by atoms with Gasteiger partial charge >= 0.3 is 0 Å². The van der Waals surface area contributed by atoms with E-state index >= 15 is 0 Å². The van der Waals surface area contributed by atoms with Gasteiger partial charge in [0, 0.05) is 25.7 Å². The number of rotatable bonds is 7. The van der Waals surface area contributed by atoms with E-state index in [1.165, 1.54) is 18.5 Å². The quantitative estimate of drug-likeness (QED) is 0.781. The van der Waals surface area contributed by atoms with Crippen LogP contribution in [0.5, 0.6) is 0 Å². The third-order valence-corrected chi connectivity index (χ3v) is 3.89. The van der Waals surface area contributed by atoms with E-state index in [9.17, 15) is 0 Å². The summed E-state index contributed by atoms with van der Waals surface area (Å²) in [6.07, 6.45) is 2.35. The largest absolute Gasteiger partial charge is 0.380 e. The topological polar surface area (TPSA) is 24.5 Å². The first-order chi connectivity index (χ1) is 10.2. The number of nitrogens with one attached hydrogen (secondary N) is 1. The standard InChI is InChI=1S/C18H30N2O/c1-16(2)15-21-12-11-20-10-6-9-19-18(14-20)13-17-7-4-3-5-8-17/h3-5,7-8,16,18-19H,6,9-15H2,1-2H3. The van der Waals surface area contributed by atoms with Gasteiger partial charge in [-0.15, -0.1) is 0 Å². The van der Waals surface area contributed by atoms with Crippen LogP contribution < -0.4 is 5.32 Å². The van der Waals surface area contributed by atoms with Crippen LogP contribution in [0, 0.1) is 5.92 Å². The Morgan fingerprint density at radius 2 is 2.10 bits per heavy atom. The Morgan fingerprint density at radius 3 is 2.86 bits per heavy atom. The molecular formula is C18H30N2O. The number of hydrogen-bond acceptors (Lipinski definition) is 3. The second-order valence-electron chi connectivity index (χ2n) is 6.46. The van der Waals surface area contributed by atoms with E-state index in [4.69, 9.17) is 4.74 Å². The Bertz CT molecular complexity index is 380. The lowest BCUT2D eigenvalue weighted by Gasteiger charge is -2.24. The van der Waals surface area contributed by atoms with E-state index in [2.05, 4.69) is 54.4 Å². The maximum atomic E-state index is 5.73. The third-order valence-electron chi connectivity index (χ3n) is 3.89. The second kappa shape index (κ2) is 9.19. The molecule has 0 saturated carbocycles. The van der Waals surface area contributed by atoms with Crippen molar-refractivity contribution in [2.24, 2.45) is 5.92 Å². The Hall–Kier alpha value is -0.900. The highest BCUT2D eigenvalue weighted by molar-refractivity contribution is 5.16. The first-order valence-corrected chi connectivity index (χ1v) is 8.31. The van der Waals surface area contributed by atoms with Crippen molar-refractivity contribution in [3.8, 4) is 0 Å². The summed E-state index contributed by atoms with van der Waals surface area (Å²) < 4.78 is 5.73. The van der Waals surface area contributed by atoms with Gasteiger partial charge in [0.1, 0.15) is 0 Å². The SMILES string of the molecule is CC(C)COCCN1CCCNC(Cc2ccccc2)C1. The molecular weight excluding hydrogens is 260 g/mol. The summed E-state index contributed by atoms with van der Waals surface area (Å²) in [6.45, 7) is 10.6. The average molecular weight is 290 g/mol. The molecule has 0 radical (unpaired) electrons. The van der Waals surface area contributed by atoms with Crippen LogP contribution in [0.3, 0.4) is 0 Å². The van der Waals surface area contributed by atoms with Gasteiger partial charge < -0.3 is 10.1 Å². The third kappa shape index (κ3) is 6.60. The van der Waals surface area contributed by atoms with Crippen molar-refractivity contribution in [1.82, 2.24) is 10.2 Å². The molecule has 1 aliphatic rings. The van der Waals surface area contributed by atoms with E-state index in [0.717, 1.165) is 39.3 Å². The van der Waals surface area contributed by atoms with Gasteiger partial charge in [0.25, 0.3) is 0 Å². The molecule has 0 bridgehead atoms. The molecule has 2 rings (SSSR count). The second-order valence-corrected chi connectivity index (χ2v) is 6.46. The van der Waals surface area contributed by atoms with Crippen molar-refractivity contribution in [2.75, 3.05) is 39.4 Å². The molecule has 21 heavy (non-hydrogen) atoms. The first-order valence-electron chi connectivity index (χ1n) is 8.31. The average Bonchev–Trinajstić information content (AvgIpc) is 2.70. The lowest BCUT2D eigenvalue weighted by atomic mass is 10.1. The zero-order valence-electron chi connectivity index (χ0n) is 13.6. The Morgan fingerprint density at radius 1 is 1.29 bits per heavy atom. The fourth-order valence-electron chi connectivity index (χ4n) is 2.83. The number of hydrogen-bond donors (Lipinski definition) is 1. The minimum atomic E-state index is 0.556. The summed E-state index contributed by atoms with van der Waals surface area (Å²) in [5.41, 5.74) is 1.42. The molecule has 3 nitrogen and oxygen atoms in total. The molecule has 1 aromatic rings. The molecule has 1 heterocycles. The molecule has 1 aromatic carbocycles. The van der Waals surface area contributed by atoms with Crippen molar-refractivity contribution in [1.29, 1.82) is 0 Å². The van der Waals surface area contributed by atoms with Gasteiger partial charge in [-0.2, -0.15) is 0 Å². The minimum Gasteiger partial charge on any atom is -0.380 e.